The fraction of sp³-hybridized carbons (Fsp3) is 0.538. The first-order valence-corrected chi connectivity index (χ1v) is 5.47. The number of nitrogens with zero attached hydrogens (tertiary/aromatic N) is 1. The number of benzene rings is 1. The average molecular weight is 205 g/mol. The van der Waals surface area contributed by atoms with E-state index in [4.69, 9.17) is 0 Å². The van der Waals surface area contributed by atoms with Gasteiger partial charge in [-0.2, -0.15) is 0 Å². The van der Waals surface area contributed by atoms with E-state index in [2.05, 4.69) is 36.9 Å². The molecule has 0 radical (unpaired) electrons. The molecule has 82 valence electrons. The van der Waals surface area contributed by atoms with Crippen LogP contribution in [0.2, 0.25) is 0 Å². The van der Waals surface area contributed by atoms with Crippen LogP contribution in [0.25, 0.3) is 0 Å². The molecule has 0 aromatic heterocycles. The molecule has 1 saturated heterocycles. The van der Waals surface area contributed by atoms with Crippen molar-refractivity contribution in [3.05, 3.63) is 34.9 Å². The van der Waals surface area contributed by atoms with E-state index in [-0.39, 0.29) is 0 Å². The zero-order valence-electron chi connectivity index (χ0n) is 9.75. The number of hydrogen-bond acceptors (Lipinski definition) is 2. The van der Waals surface area contributed by atoms with E-state index in [0.717, 1.165) is 19.6 Å². The molecule has 1 N–H and O–H groups in total. The number of hydrogen-bond donors (Lipinski definition) is 1. The molecule has 1 aliphatic rings. The van der Waals surface area contributed by atoms with Crippen LogP contribution in [0.4, 0.5) is 0 Å². The Morgan fingerprint density at radius 2 is 1.93 bits per heavy atom. The van der Waals surface area contributed by atoms with E-state index < -0.39 is 5.60 Å². The van der Waals surface area contributed by atoms with Gasteiger partial charge in [-0.15, -0.1) is 0 Å². The van der Waals surface area contributed by atoms with Crippen LogP contribution in [-0.2, 0) is 6.54 Å². The normalized spacial score (nSPS) is 20.0. The van der Waals surface area contributed by atoms with E-state index in [1.807, 2.05) is 6.92 Å². The molecular formula is C13H19NO. The van der Waals surface area contributed by atoms with Gasteiger partial charge in [0.05, 0.1) is 5.60 Å². The monoisotopic (exact) mass is 205 g/mol. The minimum Gasteiger partial charge on any atom is -0.388 e. The molecule has 2 heteroatoms. The van der Waals surface area contributed by atoms with Gasteiger partial charge >= 0.3 is 0 Å². The van der Waals surface area contributed by atoms with Crippen LogP contribution in [0, 0.1) is 13.8 Å². The standard InChI is InChI=1S/C13H19NO/c1-10-4-5-12(6-11(10)2)7-14-8-13(3,15)9-14/h4-6,15H,7-9H2,1-3H3. The molecule has 1 aliphatic heterocycles. The summed E-state index contributed by atoms with van der Waals surface area (Å²) in [6, 6.07) is 6.58. The van der Waals surface area contributed by atoms with Gasteiger partial charge in [0, 0.05) is 19.6 Å². The lowest BCUT2D eigenvalue weighted by molar-refractivity contribution is -0.0871. The van der Waals surface area contributed by atoms with Gasteiger partial charge in [-0.3, -0.25) is 4.90 Å². The molecule has 15 heavy (non-hydrogen) atoms. The minimum absolute atomic E-state index is 0.459. The summed E-state index contributed by atoms with van der Waals surface area (Å²) < 4.78 is 0. The molecule has 2 nitrogen and oxygen atoms in total. The summed E-state index contributed by atoms with van der Waals surface area (Å²) in [6.45, 7) is 8.71. The highest BCUT2D eigenvalue weighted by Crippen LogP contribution is 2.22. The van der Waals surface area contributed by atoms with Crippen molar-refractivity contribution in [2.24, 2.45) is 0 Å². The van der Waals surface area contributed by atoms with Crippen LogP contribution in [0.5, 0.6) is 0 Å². The van der Waals surface area contributed by atoms with Crippen LogP contribution in [0.1, 0.15) is 23.6 Å². The van der Waals surface area contributed by atoms with Crippen LogP contribution >= 0.6 is 0 Å². The summed E-state index contributed by atoms with van der Waals surface area (Å²) >= 11 is 0. The largest absolute Gasteiger partial charge is 0.388 e. The van der Waals surface area contributed by atoms with Crippen molar-refractivity contribution in [2.45, 2.75) is 32.9 Å². The van der Waals surface area contributed by atoms with Crippen LogP contribution in [-0.4, -0.2) is 28.7 Å². The first kappa shape index (κ1) is 10.7. The van der Waals surface area contributed by atoms with Crippen molar-refractivity contribution in [1.29, 1.82) is 0 Å². The first-order chi connectivity index (χ1) is 6.96. The van der Waals surface area contributed by atoms with Crippen molar-refractivity contribution >= 4 is 0 Å². The highest BCUT2D eigenvalue weighted by molar-refractivity contribution is 5.30. The third kappa shape index (κ3) is 2.39. The summed E-state index contributed by atoms with van der Waals surface area (Å²) in [4.78, 5) is 2.27. The maximum Gasteiger partial charge on any atom is 0.0872 e. The van der Waals surface area contributed by atoms with E-state index in [9.17, 15) is 5.11 Å². The second kappa shape index (κ2) is 3.62. The number of β-amino-alcohol motifs (C(OH)–C–C–N with tert-alkyl or cyclic N) is 1. The molecule has 1 fully saturated rings. The SMILES string of the molecule is Cc1ccc(CN2CC(C)(O)C2)cc1C. The zero-order valence-corrected chi connectivity index (χ0v) is 9.75. The summed E-state index contributed by atoms with van der Waals surface area (Å²) in [7, 11) is 0. The summed E-state index contributed by atoms with van der Waals surface area (Å²) in [5, 5.41) is 9.62. The number of aryl methyl sites for hydroxylation is 2. The lowest BCUT2D eigenvalue weighted by Crippen LogP contribution is -2.59. The summed E-state index contributed by atoms with van der Waals surface area (Å²) in [6.07, 6.45) is 0. The molecule has 0 aliphatic carbocycles. The minimum atomic E-state index is -0.459. The van der Waals surface area contributed by atoms with Gasteiger partial charge in [0.1, 0.15) is 0 Å². The van der Waals surface area contributed by atoms with Crippen LogP contribution < -0.4 is 0 Å². The Bertz CT molecular complexity index is 363. The molecule has 2 rings (SSSR count). The predicted molar refractivity (Wildman–Crippen MR) is 61.8 cm³/mol. The van der Waals surface area contributed by atoms with Crippen molar-refractivity contribution < 1.29 is 5.11 Å². The van der Waals surface area contributed by atoms with Crippen molar-refractivity contribution in [2.75, 3.05) is 13.1 Å². The number of likely N-dealkylation sites (tertiary alicyclic amines) is 1. The Kier molecular flexibility index (Phi) is 2.57. The zero-order chi connectivity index (χ0) is 11.1. The molecule has 0 atom stereocenters. The molecular weight excluding hydrogens is 186 g/mol. The predicted octanol–water partition coefficient (Wildman–Crippen LogP) is 1.87. The van der Waals surface area contributed by atoms with Crippen molar-refractivity contribution in [3.63, 3.8) is 0 Å². The molecule has 0 bridgehead atoms. The van der Waals surface area contributed by atoms with Gasteiger partial charge in [0.15, 0.2) is 0 Å². The van der Waals surface area contributed by atoms with Crippen LogP contribution in [0.3, 0.4) is 0 Å². The van der Waals surface area contributed by atoms with Crippen molar-refractivity contribution in [1.82, 2.24) is 4.90 Å². The fourth-order valence-corrected chi connectivity index (χ4v) is 2.19. The van der Waals surface area contributed by atoms with Gasteiger partial charge in [0.25, 0.3) is 0 Å². The van der Waals surface area contributed by atoms with Crippen LogP contribution in [0.15, 0.2) is 18.2 Å². The lowest BCUT2D eigenvalue weighted by Gasteiger charge is -2.44. The quantitative estimate of drug-likeness (QED) is 0.796. The Balaban J connectivity index is 1.98. The molecule has 1 aromatic rings. The lowest BCUT2D eigenvalue weighted by atomic mass is 9.96. The molecule has 0 amide bonds. The first-order valence-electron chi connectivity index (χ1n) is 5.47. The molecule has 1 heterocycles. The number of rotatable bonds is 2. The summed E-state index contributed by atoms with van der Waals surface area (Å²) in [5.74, 6) is 0. The Morgan fingerprint density at radius 3 is 2.47 bits per heavy atom. The maximum absolute atomic E-state index is 9.62. The highest BCUT2D eigenvalue weighted by Gasteiger charge is 2.35. The third-order valence-electron chi connectivity index (χ3n) is 3.11. The van der Waals surface area contributed by atoms with Gasteiger partial charge in [-0.25, -0.2) is 0 Å². The fourth-order valence-electron chi connectivity index (χ4n) is 2.19. The molecule has 0 saturated carbocycles. The second-order valence-electron chi connectivity index (χ2n) is 5.06. The van der Waals surface area contributed by atoms with Gasteiger partial charge in [-0.05, 0) is 37.5 Å². The topological polar surface area (TPSA) is 23.5 Å². The van der Waals surface area contributed by atoms with Gasteiger partial charge < -0.3 is 5.11 Å². The smallest absolute Gasteiger partial charge is 0.0872 e. The highest BCUT2D eigenvalue weighted by atomic mass is 16.3. The van der Waals surface area contributed by atoms with E-state index in [1.54, 1.807) is 0 Å². The third-order valence-corrected chi connectivity index (χ3v) is 3.11. The van der Waals surface area contributed by atoms with E-state index in [0.29, 0.717) is 0 Å². The molecule has 1 aromatic carbocycles. The Labute approximate surface area is 91.5 Å². The van der Waals surface area contributed by atoms with E-state index >= 15 is 0 Å². The van der Waals surface area contributed by atoms with E-state index in [1.165, 1.54) is 16.7 Å². The Morgan fingerprint density at radius 1 is 1.27 bits per heavy atom. The second-order valence-corrected chi connectivity index (χ2v) is 5.06. The maximum atomic E-state index is 9.62. The number of aliphatic hydroxyl groups is 1. The van der Waals surface area contributed by atoms with Crippen molar-refractivity contribution in [3.8, 4) is 0 Å². The van der Waals surface area contributed by atoms with Gasteiger partial charge in [-0.1, -0.05) is 18.2 Å². The molecule has 0 spiro atoms. The Hall–Kier alpha value is -0.860. The van der Waals surface area contributed by atoms with Gasteiger partial charge in [0.2, 0.25) is 0 Å². The molecule has 0 unspecified atom stereocenters. The average Bonchev–Trinajstić information content (AvgIpc) is 2.08. The summed E-state index contributed by atoms with van der Waals surface area (Å²) in [5.41, 5.74) is 3.57.